The number of amides is 1. The Morgan fingerprint density at radius 2 is 1.85 bits per heavy atom. The molecule has 6 nitrogen and oxygen atoms in total. The van der Waals surface area contributed by atoms with E-state index in [1.807, 2.05) is 39.8 Å². The molecule has 0 fully saturated rings. The second kappa shape index (κ2) is 7.79. The van der Waals surface area contributed by atoms with E-state index in [0.29, 0.717) is 17.6 Å². The quantitative estimate of drug-likeness (QED) is 0.663. The molecule has 138 valence electrons. The van der Waals surface area contributed by atoms with Gasteiger partial charge in [-0.05, 0) is 29.8 Å². The highest BCUT2D eigenvalue weighted by Gasteiger charge is 2.26. The van der Waals surface area contributed by atoms with Crippen LogP contribution in [0.2, 0.25) is 0 Å². The molecule has 0 unspecified atom stereocenters. The highest BCUT2D eigenvalue weighted by atomic mass is 32.2. The summed E-state index contributed by atoms with van der Waals surface area (Å²) in [6, 6.07) is 16.1. The number of nitrogens with one attached hydrogen (secondary N) is 1. The van der Waals surface area contributed by atoms with Gasteiger partial charge in [0.1, 0.15) is 5.82 Å². The monoisotopic (exact) mass is 383 g/mol. The molecule has 1 aliphatic rings. The largest absolute Gasteiger partial charge is 0.351 e. The fourth-order valence-corrected chi connectivity index (χ4v) is 3.72. The Labute approximate surface area is 160 Å². The number of hydrogen-bond donors (Lipinski definition) is 1. The van der Waals surface area contributed by atoms with Crippen molar-refractivity contribution in [3.63, 3.8) is 0 Å². The number of rotatable bonds is 6. The third-order valence-electron chi connectivity index (χ3n) is 4.29. The fourth-order valence-electron chi connectivity index (χ4n) is 2.93. The molecule has 1 aromatic heterocycles. The van der Waals surface area contributed by atoms with Crippen molar-refractivity contribution in [2.75, 3.05) is 17.2 Å². The Balaban J connectivity index is 1.35. The van der Waals surface area contributed by atoms with Crippen LogP contribution in [-0.2, 0) is 17.9 Å². The molecule has 27 heavy (non-hydrogen) atoms. The van der Waals surface area contributed by atoms with E-state index >= 15 is 0 Å². The highest BCUT2D eigenvalue weighted by molar-refractivity contribution is 7.99. The SMILES string of the molecule is O=C(CSc1nnc2n1CCN2c1ccc(F)cc1)NCc1ccccc1. The number of carbonyl (C=O) groups is 1. The van der Waals surface area contributed by atoms with Gasteiger partial charge in [0.25, 0.3) is 0 Å². The van der Waals surface area contributed by atoms with E-state index in [2.05, 4.69) is 15.5 Å². The van der Waals surface area contributed by atoms with Crippen LogP contribution in [0.25, 0.3) is 0 Å². The number of nitrogens with zero attached hydrogens (tertiary/aromatic N) is 4. The molecule has 2 aromatic carbocycles. The van der Waals surface area contributed by atoms with Gasteiger partial charge in [0.05, 0.1) is 5.75 Å². The van der Waals surface area contributed by atoms with Crippen molar-refractivity contribution in [2.45, 2.75) is 18.2 Å². The zero-order valence-corrected chi connectivity index (χ0v) is 15.3. The van der Waals surface area contributed by atoms with Crippen LogP contribution in [0.1, 0.15) is 5.56 Å². The van der Waals surface area contributed by atoms with Crippen LogP contribution in [0.5, 0.6) is 0 Å². The van der Waals surface area contributed by atoms with Gasteiger partial charge in [-0.3, -0.25) is 9.36 Å². The minimum absolute atomic E-state index is 0.0467. The van der Waals surface area contributed by atoms with Crippen LogP contribution in [0.15, 0.2) is 59.8 Å². The van der Waals surface area contributed by atoms with Gasteiger partial charge < -0.3 is 10.2 Å². The summed E-state index contributed by atoms with van der Waals surface area (Å²) in [5.74, 6) is 0.683. The number of thioether (sulfide) groups is 1. The van der Waals surface area contributed by atoms with Crippen molar-refractivity contribution < 1.29 is 9.18 Å². The molecule has 0 radical (unpaired) electrons. The molecular formula is C19H18FN5OS. The van der Waals surface area contributed by atoms with Crippen LogP contribution in [0, 0.1) is 5.82 Å². The zero-order valence-electron chi connectivity index (χ0n) is 14.5. The van der Waals surface area contributed by atoms with Crippen molar-refractivity contribution in [3.8, 4) is 0 Å². The topological polar surface area (TPSA) is 63.1 Å². The number of halogens is 1. The molecular weight excluding hydrogens is 365 g/mol. The second-order valence-electron chi connectivity index (χ2n) is 6.11. The molecule has 8 heteroatoms. The Morgan fingerprint density at radius 3 is 2.63 bits per heavy atom. The third kappa shape index (κ3) is 3.95. The number of carbonyl (C=O) groups excluding carboxylic acids is 1. The van der Waals surface area contributed by atoms with Gasteiger partial charge in [-0.1, -0.05) is 42.1 Å². The van der Waals surface area contributed by atoms with Crippen molar-refractivity contribution in [1.82, 2.24) is 20.1 Å². The molecule has 2 heterocycles. The Morgan fingerprint density at radius 1 is 1.07 bits per heavy atom. The molecule has 1 N–H and O–H groups in total. The van der Waals surface area contributed by atoms with Crippen LogP contribution in [0.4, 0.5) is 16.0 Å². The fraction of sp³-hybridized carbons (Fsp3) is 0.211. The van der Waals surface area contributed by atoms with Crippen LogP contribution < -0.4 is 10.2 Å². The average Bonchev–Trinajstić information content (AvgIpc) is 3.29. The molecule has 1 amide bonds. The predicted octanol–water partition coefficient (Wildman–Crippen LogP) is 2.98. The summed E-state index contributed by atoms with van der Waals surface area (Å²) in [6.45, 7) is 1.98. The first-order valence-electron chi connectivity index (χ1n) is 8.60. The maximum Gasteiger partial charge on any atom is 0.232 e. The van der Waals surface area contributed by atoms with E-state index < -0.39 is 0 Å². The Bertz CT molecular complexity index is 929. The van der Waals surface area contributed by atoms with E-state index in [1.165, 1.54) is 23.9 Å². The van der Waals surface area contributed by atoms with Gasteiger partial charge in [-0.15, -0.1) is 10.2 Å². The van der Waals surface area contributed by atoms with Crippen molar-refractivity contribution >= 4 is 29.3 Å². The van der Waals surface area contributed by atoms with Crippen molar-refractivity contribution in [3.05, 3.63) is 66.0 Å². The lowest BCUT2D eigenvalue weighted by atomic mass is 10.2. The minimum Gasteiger partial charge on any atom is -0.351 e. The molecule has 0 aliphatic carbocycles. The predicted molar refractivity (Wildman–Crippen MR) is 102 cm³/mol. The zero-order chi connectivity index (χ0) is 18.6. The lowest BCUT2D eigenvalue weighted by molar-refractivity contribution is -0.118. The van der Waals surface area contributed by atoms with Gasteiger partial charge in [0.15, 0.2) is 5.16 Å². The number of fused-ring (bicyclic) bond motifs is 1. The van der Waals surface area contributed by atoms with Gasteiger partial charge in [-0.2, -0.15) is 0 Å². The number of benzene rings is 2. The van der Waals surface area contributed by atoms with E-state index in [-0.39, 0.29) is 17.5 Å². The maximum absolute atomic E-state index is 13.1. The van der Waals surface area contributed by atoms with Crippen molar-refractivity contribution in [1.29, 1.82) is 0 Å². The smallest absolute Gasteiger partial charge is 0.232 e. The van der Waals surface area contributed by atoms with Crippen LogP contribution in [0.3, 0.4) is 0 Å². The standard InChI is InChI=1S/C19H18FN5OS/c20-15-6-8-16(9-7-15)24-10-11-25-18(24)22-23-19(25)27-13-17(26)21-12-14-4-2-1-3-5-14/h1-9H,10-13H2,(H,21,26). The van der Waals surface area contributed by atoms with Crippen LogP contribution in [-0.4, -0.2) is 33.0 Å². The van der Waals surface area contributed by atoms with Gasteiger partial charge in [0.2, 0.25) is 11.9 Å². The molecule has 4 rings (SSSR count). The molecule has 0 bridgehead atoms. The summed E-state index contributed by atoms with van der Waals surface area (Å²) < 4.78 is 15.1. The van der Waals surface area contributed by atoms with Crippen molar-refractivity contribution in [2.24, 2.45) is 0 Å². The summed E-state index contributed by atoms with van der Waals surface area (Å²) in [4.78, 5) is 14.1. The summed E-state index contributed by atoms with van der Waals surface area (Å²) in [5.41, 5.74) is 1.94. The molecule has 0 saturated heterocycles. The number of hydrogen-bond acceptors (Lipinski definition) is 5. The normalized spacial score (nSPS) is 12.9. The first kappa shape index (κ1) is 17.5. The number of anilines is 2. The molecule has 0 spiro atoms. The third-order valence-corrected chi connectivity index (χ3v) is 5.26. The van der Waals surface area contributed by atoms with E-state index in [4.69, 9.17) is 0 Å². The van der Waals surface area contributed by atoms with Gasteiger partial charge in [-0.25, -0.2) is 4.39 Å². The Kier molecular flexibility index (Phi) is 5.06. The second-order valence-corrected chi connectivity index (χ2v) is 7.06. The summed E-state index contributed by atoms with van der Waals surface area (Å²) in [6.07, 6.45) is 0. The lowest BCUT2D eigenvalue weighted by Crippen LogP contribution is -2.24. The molecule has 1 aliphatic heterocycles. The van der Waals surface area contributed by atoms with E-state index in [9.17, 15) is 9.18 Å². The molecule has 0 atom stereocenters. The van der Waals surface area contributed by atoms with E-state index in [0.717, 1.165) is 24.3 Å². The summed E-state index contributed by atoms with van der Waals surface area (Å²) >= 11 is 1.37. The number of aromatic nitrogens is 3. The average molecular weight is 383 g/mol. The first-order chi connectivity index (χ1) is 13.2. The van der Waals surface area contributed by atoms with E-state index in [1.54, 1.807) is 12.1 Å². The minimum atomic E-state index is -0.267. The maximum atomic E-state index is 13.1. The van der Waals surface area contributed by atoms with Gasteiger partial charge >= 0.3 is 0 Å². The summed E-state index contributed by atoms with van der Waals surface area (Å²) in [5, 5.41) is 12.1. The summed E-state index contributed by atoms with van der Waals surface area (Å²) in [7, 11) is 0. The lowest BCUT2D eigenvalue weighted by Gasteiger charge is -2.14. The molecule has 3 aromatic rings. The van der Waals surface area contributed by atoms with Crippen LogP contribution >= 0.6 is 11.8 Å². The van der Waals surface area contributed by atoms with Gasteiger partial charge in [0, 0.05) is 25.3 Å². The highest BCUT2D eigenvalue weighted by Crippen LogP contribution is 2.31. The Hall–Kier alpha value is -2.87. The first-order valence-corrected chi connectivity index (χ1v) is 9.59. The molecule has 0 saturated carbocycles.